The molecule has 0 aliphatic heterocycles. The Hall–Kier alpha value is -0.350. The number of rotatable bonds is 2. The molecule has 1 N–H and O–H groups in total. The van der Waals surface area contributed by atoms with Crippen LogP contribution in [0.4, 0.5) is 0 Å². The van der Waals surface area contributed by atoms with Gasteiger partial charge in [-0.15, -0.1) is 11.3 Å². The normalized spacial score (nSPS) is 12.8. The summed E-state index contributed by atoms with van der Waals surface area (Å²) in [4.78, 5) is 1.10. The molecule has 0 fully saturated rings. The predicted molar refractivity (Wildman–Crippen MR) is 77.0 cm³/mol. The third-order valence-electron chi connectivity index (χ3n) is 2.67. The van der Waals surface area contributed by atoms with Gasteiger partial charge in [0.25, 0.3) is 0 Å². The first-order chi connectivity index (χ1) is 7.99. The van der Waals surface area contributed by atoms with Crippen molar-refractivity contribution in [1.82, 2.24) is 0 Å². The first-order valence-electron chi connectivity index (χ1n) is 5.19. The van der Waals surface area contributed by atoms with Crippen molar-refractivity contribution in [3.8, 4) is 0 Å². The number of thiophene rings is 1. The Morgan fingerprint density at radius 3 is 2.47 bits per heavy atom. The molecule has 17 heavy (non-hydrogen) atoms. The van der Waals surface area contributed by atoms with Gasteiger partial charge in [0.05, 0.1) is 3.79 Å². The Bertz CT molecular complexity index is 550. The van der Waals surface area contributed by atoms with Crippen LogP contribution < -0.4 is 0 Å². The molecule has 0 aliphatic rings. The summed E-state index contributed by atoms with van der Waals surface area (Å²) in [6, 6.07) is 7.66. The number of aryl methyl sites for hydroxylation is 2. The van der Waals surface area contributed by atoms with Crippen LogP contribution >= 0.6 is 38.9 Å². The number of aliphatic hydroxyl groups excluding tert-OH is 1. The van der Waals surface area contributed by atoms with E-state index >= 15 is 0 Å². The second-order valence-electron chi connectivity index (χ2n) is 3.99. The van der Waals surface area contributed by atoms with Gasteiger partial charge in [-0.25, -0.2) is 0 Å². The second-order valence-corrected chi connectivity index (χ2v) is 7.03. The van der Waals surface area contributed by atoms with Gasteiger partial charge < -0.3 is 5.11 Å². The van der Waals surface area contributed by atoms with Gasteiger partial charge in [0.2, 0.25) is 0 Å². The molecule has 1 aromatic heterocycles. The summed E-state index contributed by atoms with van der Waals surface area (Å²) in [6.45, 7) is 3.98. The zero-order chi connectivity index (χ0) is 12.6. The van der Waals surface area contributed by atoms with Gasteiger partial charge in [0.1, 0.15) is 6.10 Å². The topological polar surface area (TPSA) is 20.2 Å². The van der Waals surface area contributed by atoms with Gasteiger partial charge in [0, 0.05) is 15.5 Å². The maximum atomic E-state index is 10.4. The van der Waals surface area contributed by atoms with E-state index in [0.29, 0.717) is 5.02 Å². The van der Waals surface area contributed by atoms with E-state index in [-0.39, 0.29) is 0 Å². The van der Waals surface area contributed by atoms with Crippen LogP contribution in [0.1, 0.15) is 27.7 Å². The van der Waals surface area contributed by atoms with Crippen molar-refractivity contribution in [2.45, 2.75) is 20.0 Å². The SMILES string of the molecule is Cc1ccc(C(O)c2cc(Br)sc2C)c(Cl)c1. The van der Waals surface area contributed by atoms with Crippen LogP contribution in [0.25, 0.3) is 0 Å². The highest BCUT2D eigenvalue weighted by Gasteiger charge is 2.17. The average molecular weight is 332 g/mol. The van der Waals surface area contributed by atoms with Crippen molar-refractivity contribution in [3.63, 3.8) is 0 Å². The van der Waals surface area contributed by atoms with Crippen molar-refractivity contribution in [1.29, 1.82) is 0 Å². The van der Waals surface area contributed by atoms with E-state index in [2.05, 4.69) is 15.9 Å². The van der Waals surface area contributed by atoms with Gasteiger partial charge in [-0.3, -0.25) is 0 Å². The molecule has 0 aliphatic carbocycles. The largest absolute Gasteiger partial charge is 0.384 e. The summed E-state index contributed by atoms with van der Waals surface area (Å²) in [5.41, 5.74) is 2.76. The quantitative estimate of drug-likeness (QED) is 0.833. The molecule has 90 valence electrons. The van der Waals surface area contributed by atoms with Crippen LogP contribution in [-0.2, 0) is 0 Å². The lowest BCUT2D eigenvalue weighted by atomic mass is 10.0. The molecule has 1 unspecified atom stereocenters. The van der Waals surface area contributed by atoms with Crippen LogP contribution in [0, 0.1) is 13.8 Å². The van der Waals surface area contributed by atoms with E-state index in [4.69, 9.17) is 11.6 Å². The van der Waals surface area contributed by atoms with Crippen molar-refractivity contribution in [2.75, 3.05) is 0 Å². The molecule has 0 bridgehead atoms. The molecular weight excluding hydrogens is 320 g/mol. The number of aliphatic hydroxyl groups is 1. The molecule has 1 atom stereocenters. The van der Waals surface area contributed by atoms with Crippen LogP contribution in [0.5, 0.6) is 0 Å². The number of hydrogen-bond acceptors (Lipinski definition) is 2. The summed E-state index contributed by atoms with van der Waals surface area (Å²) in [6.07, 6.45) is -0.661. The molecule has 1 heterocycles. The summed E-state index contributed by atoms with van der Waals surface area (Å²) in [7, 11) is 0. The molecule has 0 radical (unpaired) electrons. The Morgan fingerprint density at radius 2 is 1.94 bits per heavy atom. The van der Waals surface area contributed by atoms with Gasteiger partial charge in [-0.1, -0.05) is 23.7 Å². The Labute approximate surface area is 118 Å². The highest BCUT2D eigenvalue weighted by atomic mass is 79.9. The molecule has 4 heteroatoms. The number of hydrogen-bond donors (Lipinski definition) is 1. The lowest BCUT2D eigenvalue weighted by Crippen LogP contribution is -2.00. The van der Waals surface area contributed by atoms with Gasteiger partial charge in [-0.05, 0) is 53.0 Å². The van der Waals surface area contributed by atoms with E-state index < -0.39 is 6.10 Å². The third kappa shape index (κ3) is 2.74. The second kappa shape index (κ2) is 5.11. The standard InChI is InChI=1S/C13H12BrClOS/c1-7-3-4-9(11(15)5-7)13(16)10-6-12(14)17-8(10)2/h3-6,13,16H,1-2H3. The third-order valence-corrected chi connectivity index (χ3v) is 4.57. The molecular formula is C13H12BrClOS. The minimum absolute atomic E-state index is 0.610. The minimum Gasteiger partial charge on any atom is -0.384 e. The Balaban J connectivity index is 2.43. The number of halogens is 2. The number of benzene rings is 1. The fourth-order valence-corrected chi connectivity index (χ4v) is 3.83. The first kappa shape index (κ1) is 13.1. The van der Waals surface area contributed by atoms with Gasteiger partial charge >= 0.3 is 0 Å². The molecule has 2 aromatic rings. The monoisotopic (exact) mass is 330 g/mol. The van der Waals surface area contributed by atoms with E-state index in [1.165, 1.54) is 0 Å². The van der Waals surface area contributed by atoms with E-state index in [1.54, 1.807) is 11.3 Å². The molecule has 0 saturated heterocycles. The average Bonchev–Trinajstić information content (AvgIpc) is 2.57. The maximum absolute atomic E-state index is 10.4. The molecule has 0 spiro atoms. The molecule has 0 amide bonds. The van der Waals surface area contributed by atoms with Crippen molar-refractivity contribution in [2.24, 2.45) is 0 Å². The highest BCUT2D eigenvalue weighted by Crippen LogP contribution is 2.36. The lowest BCUT2D eigenvalue weighted by Gasteiger charge is -2.13. The Morgan fingerprint density at radius 1 is 1.24 bits per heavy atom. The highest BCUT2D eigenvalue weighted by molar-refractivity contribution is 9.11. The van der Waals surface area contributed by atoms with Crippen LogP contribution in [0.15, 0.2) is 28.1 Å². The molecule has 0 saturated carbocycles. The lowest BCUT2D eigenvalue weighted by molar-refractivity contribution is 0.220. The fourth-order valence-electron chi connectivity index (χ4n) is 1.75. The van der Waals surface area contributed by atoms with E-state index in [0.717, 1.165) is 25.4 Å². The minimum atomic E-state index is -0.661. The van der Waals surface area contributed by atoms with E-state index in [9.17, 15) is 5.11 Å². The predicted octanol–water partition coefficient (Wildman–Crippen LogP) is 4.86. The summed E-state index contributed by atoms with van der Waals surface area (Å²) in [5, 5.41) is 11.0. The fraction of sp³-hybridized carbons (Fsp3) is 0.231. The summed E-state index contributed by atoms with van der Waals surface area (Å²) < 4.78 is 1.02. The van der Waals surface area contributed by atoms with Crippen molar-refractivity contribution < 1.29 is 5.11 Å². The summed E-state index contributed by atoms with van der Waals surface area (Å²) >= 11 is 11.2. The summed E-state index contributed by atoms with van der Waals surface area (Å²) in [5.74, 6) is 0. The van der Waals surface area contributed by atoms with Crippen LogP contribution in [0.3, 0.4) is 0 Å². The smallest absolute Gasteiger partial charge is 0.107 e. The zero-order valence-corrected chi connectivity index (χ0v) is 12.7. The van der Waals surface area contributed by atoms with Crippen molar-refractivity contribution in [3.05, 3.63) is 54.6 Å². The maximum Gasteiger partial charge on any atom is 0.107 e. The van der Waals surface area contributed by atoms with Crippen LogP contribution in [-0.4, -0.2) is 5.11 Å². The van der Waals surface area contributed by atoms with Gasteiger partial charge in [-0.2, -0.15) is 0 Å². The van der Waals surface area contributed by atoms with Crippen LogP contribution in [0.2, 0.25) is 5.02 Å². The molecule has 1 nitrogen and oxygen atoms in total. The first-order valence-corrected chi connectivity index (χ1v) is 7.17. The zero-order valence-electron chi connectivity index (χ0n) is 9.50. The van der Waals surface area contributed by atoms with Gasteiger partial charge in [0.15, 0.2) is 0 Å². The Kier molecular flexibility index (Phi) is 3.93. The molecule has 1 aromatic carbocycles. The van der Waals surface area contributed by atoms with E-state index in [1.807, 2.05) is 38.1 Å². The molecule has 2 rings (SSSR count). The van der Waals surface area contributed by atoms with Crippen molar-refractivity contribution >= 4 is 38.9 Å².